The van der Waals surface area contributed by atoms with Crippen molar-refractivity contribution in [1.82, 2.24) is 0 Å². The summed E-state index contributed by atoms with van der Waals surface area (Å²) >= 11 is 1.98. The van der Waals surface area contributed by atoms with Crippen molar-refractivity contribution < 1.29 is 0 Å². The first-order valence-electron chi connectivity index (χ1n) is 6.09. The van der Waals surface area contributed by atoms with Crippen LogP contribution in [-0.4, -0.2) is 12.3 Å². The van der Waals surface area contributed by atoms with Gasteiger partial charge in [-0.1, -0.05) is 32.4 Å². The summed E-state index contributed by atoms with van der Waals surface area (Å²) in [6.07, 6.45) is 2.24. The first-order chi connectivity index (χ1) is 7.67. The van der Waals surface area contributed by atoms with E-state index in [4.69, 9.17) is 5.73 Å². The van der Waals surface area contributed by atoms with Crippen molar-refractivity contribution in [1.29, 1.82) is 0 Å². The predicted molar refractivity (Wildman–Crippen MR) is 74.1 cm³/mol. The molecule has 1 aromatic rings. The molecule has 1 unspecified atom stereocenters. The topological polar surface area (TPSA) is 26.0 Å². The smallest absolute Gasteiger partial charge is 0.0101 e. The number of aryl methyl sites for hydroxylation is 1. The second-order valence-corrected chi connectivity index (χ2v) is 5.52. The fraction of sp³-hybridized carbons (Fsp3) is 0.571. The molecule has 1 nitrogen and oxygen atoms in total. The van der Waals surface area contributed by atoms with Gasteiger partial charge in [-0.2, -0.15) is 0 Å². The van der Waals surface area contributed by atoms with Crippen LogP contribution >= 0.6 is 11.8 Å². The second-order valence-electron chi connectivity index (χ2n) is 4.46. The highest BCUT2D eigenvalue weighted by atomic mass is 32.2. The summed E-state index contributed by atoms with van der Waals surface area (Å²) in [4.78, 5) is 1.42. The summed E-state index contributed by atoms with van der Waals surface area (Å²) in [7, 11) is 0. The third kappa shape index (κ3) is 4.18. The third-order valence-electron chi connectivity index (χ3n) is 2.89. The van der Waals surface area contributed by atoms with Gasteiger partial charge in [-0.05, 0) is 43.0 Å². The molecule has 2 N–H and O–H groups in total. The summed E-state index contributed by atoms with van der Waals surface area (Å²) in [5, 5.41) is 0. The van der Waals surface area contributed by atoms with Gasteiger partial charge in [0.2, 0.25) is 0 Å². The molecule has 0 aliphatic carbocycles. The monoisotopic (exact) mass is 237 g/mol. The van der Waals surface area contributed by atoms with Crippen LogP contribution in [0.25, 0.3) is 0 Å². The van der Waals surface area contributed by atoms with Gasteiger partial charge in [0.15, 0.2) is 0 Å². The summed E-state index contributed by atoms with van der Waals surface area (Å²) in [5.74, 6) is 2.02. The van der Waals surface area contributed by atoms with Crippen molar-refractivity contribution in [2.45, 2.75) is 38.5 Å². The van der Waals surface area contributed by atoms with Crippen molar-refractivity contribution in [3.63, 3.8) is 0 Å². The quantitative estimate of drug-likeness (QED) is 0.765. The molecule has 16 heavy (non-hydrogen) atoms. The lowest BCUT2D eigenvalue weighted by molar-refractivity contribution is 0.637. The highest BCUT2D eigenvalue weighted by Crippen LogP contribution is 2.26. The molecule has 0 saturated carbocycles. The van der Waals surface area contributed by atoms with E-state index in [0.717, 1.165) is 18.9 Å². The minimum Gasteiger partial charge on any atom is -0.330 e. The van der Waals surface area contributed by atoms with Gasteiger partial charge in [0.25, 0.3) is 0 Å². The Balaban J connectivity index is 2.60. The summed E-state index contributed by atoms with van der Waals surface area (Å²) in [5.41, 5.74) is 8.30. The van der Waals surface area contributed by atoms with E-state index in [1.165, 1.54) is 28.2 Å². The van der Waals surface area contributed by atoms with E-state index >= 15 is 0 Å². The maximum absolute atomic E-state index is 5.56. The zero-order chi connectivity index (χ0) is 12.0. The van der Waals surface area contributed by atoms with Crippen LogP contribution < -0.4 is 5.73 Å². The molecule has 0 heterocycles. The second kappa shape index (κ2) is 6.97. The van der Waals surface area contributed by atoms with Gasteiger partial charge >= 0.3 is 0 Å². The van der Waals surface area contributed by atoms with Crippen molar-refractivity contribution >= 4 is 11.8 Å². The number of nitrogens with two attached hydrogens (primary N) is 1. The first-order valence-corrected chi connectivity index (χ1v) is 7.08. The summed E-state index contributed by atoms with van der Waals surface area (Å²) in [6, 6.07) is 6.72. The first kappa shape index (κ1) is 13.6. The van der Waals surface area contributed by atoms with Crippen molar-refractivity contribution in [2.75, 3.05) is 12.3 Å². The highest BCUT2D eigenvalue weighted by Gasteiger charge is 2.04. The van der Waals surface area contributed by atoms with Gasteiger partial charge in [-0.3, -0.25) is 0 Å². The number of rotatable bonds is 6. The Labute approximate surface area is 104 Å². The van der Waals surface area contributed by atoms with Crippen molar-refractivity contribution in [2.24, 2.45) is 11.7 Å². The van der Waals surface area contributed by atoms with E-state index in [2.05, 4.69) is 39.0 Å². The molecule has 0 saturated heterocycles. The van der Waals surface area contributed by atoms with Gasteiger partial charge < -0.3 is 5.73 Å². The van der Waals surface area contributed by atoms with Gasteiger partial charge in [0.1, 0.15) is 0 Å². The van der Waals surface area contributed by atoms with E-state index in [1.807, 2.05) is 11.8 Å². The van der Waals surface area contributed by atoms with Crippen molar-refractivity contribution in [3.8, 4) is 0 Å². The average molecular weight is 237 g/mol. The summed E-state index contributed by atoms with van der Waals surface area (Å²) < 4.78 is 0. The average Bonchev–Trinajstić information content (AvgIpc) is 2.28. The van der Waals surface area contributed by atoms with E-state index in [0.29, 0.717) is 0 Å². The third-order valence-corrected chi connectivity index (χ3v) is 4.40. The Morgan fingerprint density at radius 2 is 2.12 bits per heavy atom. The zero-order valence-corrected chi connectivity index (χ0v) is 11.4. The Morgan fingerprint density at radius 1 is 1.38 bits per heavy atom. The molecule has 1 aromatic carbocycles. The number of hydrogen-bond acceptors (Lipinski definition) is 2. The molecule has 0 bridgehead atoms. The SMILES string of the molecule is CCC(C)CSc1ccc(CCN)cc1C. The molecule has 0 amide bonds. The number of hydrogen-bond donors (Lipinski definition) is 1. The molecule has 2 heteroatoms. The van der Waals surface area contributed by atoms with Crippen LogP contribution in [0.4, 0.5) is 0 Å². The molecule has 0 fully saturated rings. The van der Waals surface area contributed by atoms with Gasteiger partial charge in [-0.15, -0.1) is 11.8 Å². The van der Waals surface area contributed by atoms with Crippen LogP contribution in [0, 0.1) is 12.8 Å². The molecule has 1 atom stereocenters. The number of benzene rings is 1. The molecule has 0 aliphatic heterocycles. The van der Waals surface area contributed by atoms with Crippen LogP contribution in [0.2, 0.25) is 0 Å². The normalized spacial score (nSPS) is 12.8. The molecular weight excluding hydrogens is 214 g/mol. The maximum Gasteiger partial charge on any atom is 0.0101 e. The maximum atomic E-state index is 5.56. The Morgan fingerprint density at radius 3 is 2.69 bits per heavy atom. The molecule has 0 radical (unpaired) electrons. The number of thioether (sulfide) groups is 1. The standard InChI is InChI=1S/C14H23NS/c1-4-11(2)10-16-14-6-5-13(7-8-15)9-12(14)3/h5-6,9,11H,4,7-8,10,15H2,1-3H3. The van der Waals surface area contributed by atoms with Crippen LogP contribution in [0.15, 0.2) is 23.1 Å². The minimum absolute atomic E-state index is 0.735. The molecule has 1 rings (SSSR count). The lowest BCUT2D eigenvalue weighted by Crippen LogP contribution is -2.03. The van der Waals surface area contributed by atoms with E-state index in [-0.39, 0.29) is 0 Å². The van der Waals surface area contributed by atoms with E-state index in [1.54, 1.807) is 0 Å². The van der Waals surface area contributed by atoms with Gasteiger partial charge in [-0.25, -0.2) is 0 Å². The molecule has 0 spiro atoms. The van der Waals surface area contributed by atoms with Gasteiger partial charge in [0, 0.05) is 10.6 Å². The molecule has 90 valence electrons. The van der Waals surface area contributed by atoms with Gasteiger partial charge in [0.05, 0.1) is 0 Å². The Kier molecular flexibility index (Phi) is 5.93. The fourth-order valence-corrected chi connectivity index (χ4v) is 2.70. The lowest BCUT2D eigenvalue weighted by Gasteiger charge is -2.11. The van der Waals surface area contributed by atoms with Crippen molar-refractivity contribution in [3.05, 3.63) is 29.3 Å². The molecular formula is C14H23NS. The predicted octanol–water partition coefficient (Wildman–Crippen LogP) is 3.63. The van der Waals surface area contributed by atoms with E-state index < -0.39 is 0 Å². The van der Waals surface area contributed by atoms with Crippen LogP contribution in [0.3, 0.4) is 0 Å². The van der Waals surface area contributed by atoms with Crippen LogP contribution in [0.1, 0.15) is 31.4 Å². The fourth-order valence-electron chi connectivity index (χ4n) is 1.55. The zero-order valence-electron chi connectivity index (χ0n) is 10.6. The van der Waals surface area contributed by atoms with E-state index in [9.17, 15) is 0 Å². The Bertz CT molecular complexity index is 323. The highest BCUT2D eigenvalue weighted by molar-refractivity contribution is 7.99. The molecule has 0 aliphatic rings. The van der Waals surface area contributed by atoms with Crippen LogP contribution in [0.5, 0.6) is 0 Å². The largest absolute Gasteiger partial charge is 0.330 e. The lowest BCUT2D eigenvalue weighted by atomic mass is 10.1. The Hall–Kier alpha value is -0.470. The minimum atomic E-state index is 0.735. The van der Waals surface area contributed by atoms with Crippen LogP contribution in [-0.2, 0) is 6.42 Å². The molecule has 0 aromatic heterocycles. The summed E-state index contributed by atoms with van der Waals surface area (Å²) in [6.45, 7) is 7.49.